The number of nitrogens with one attached hydrogen (secondary N) is 2. The SMILES string of the molecule is CCC(O)C(CC)COC(=O)C(C)Oc1ccc(C2NC(C3=CC(C)C=C(c4ccccc4)C(C)C3)=NC(c3ccc(-c4ccccc4)cc3)N2)c(O)c1. The number of amidine groups is 1. The number of benzene rings is 4. The van der Waals surface area contributed by atoms with Crippen LogP contribution in [0.4, 0.5) is 0 Å². The van der Waals surface area contributed by atoms with Crippen LogP contribution in [0.25, 0.3) is 16.7 Å². The number of hydrogen-bond donors (Lipinski definition) is 4. The van der Waals surface area contributed by atoms with Crippen LogP contribution in [0.1, 0.15) is 82.9 Å². The lowest BCUT2D eigenvalue weighted by molar-refractivity contribution is -0.153. The van der Waals surface area contributed by atoms with Gasteiger partial charge in [-0.15, -0.1) is 0 Å². The molecule has 8 nitrogen and oxygen atoms in total. The average molecular weight is 728 g/mol. The van der Waals surface area contributed by atoms with Gasteiger partial charge in [0.1, 0.15) is 29.7 Å². The molecule has 1 aliphatic carbocycles. The first-order valence-corrected chi connectivity index (χ1v) is 19.2. The summed E-state index contributed by atoms with van der Waals surface area (Å²) in [6.07, 6.45) is 4.42. The molecule has 1 aliphatic heterocycles. The number of ether oxygens (including phenoxy) is 2. The van der Waals surface area contributed by atoms with Crippen molar-refractivity contribution in [3.8, 4) is 22.6 Å². The third-order valence-electron chi connectivity index (χ3n) is 10.5. The number of carbonyl (C=O) groups excluding carboxylic acids is 1. The van der Waals surface area contributed by atoms with Crippen LogP contribution in [-0.4, -0.2) is 40.8 Å². The summed E-state index contributed by atoms with van der Waals surface area (Å²) in [5, 5.41) is 28.9. The van der Waals surface area contributed by atoms with E-state index in [9.17, 15) is 15.0 Å². The topological polar surface area (TPSA) is 112 Å². The van der Waals surface area contributed by atoms with E-state index in [0.29, 0.717) is 24.2 Å². The fourth-order valence-corrected chi connectivity index (χ4v) is 7.28. The smallest absolute Gasteiger partial charge is 0.347 e. The third-order valence-corrected chi connectivity index (χ3v) is 10.5. The minimum absolute atomic E-state index is 0.0132. The number of aliphatic hydroxyl groups is 1. The number of phenols is 1. The predicted octanol–water partition coefficient (Wildman–Crippen LogP) is 9.14. The van der Waals surface area contributed by atoms with Crippen molar-refractivity contribution in [2.24, 2.45) is 22.7 Å². The highest BCUT2D eigenvalue weighted by molar-refractivity contribution is 5.99. The number of nitrogens with zero attached hydrogens (tertiary/aromatic N) is 1. The number of aliphatic imine (C=N–C) groups is 1. The van der Waals surface area contributed by atoms with Gasteiger partial charge in [0.05, 0.1) is 12.7 Å². The molecule has 0 saturated heterocycles. The zero-order chi connectivity index (χ0) is 38.2. The van der Waals surface area contributed by atoms with Crippen LogP contribution in [0.3, 0.4) is 0 Å². The maximum absolute atomic E-state index is 12.8. The number of esters is 1. The van der Waals surface area contributed by atoms with E-state index in [-0.39, 0.29) is 30.1 Å². The molecule has 0 bridgehead atoms. The molecule has 0 spiro atoms. The summed E-state index contributed by atoms with van der Waals surface area (Å²) >= 11 is 0. The van der Waals surface area contributed by atoms with Gasteiger partial charge in [0.15, 0.2) is 6.10 Å². The second-order valence-corrected chi connectivity index (χ2v) is 14.5. The van der Waals surface area contributed by atoms with Crippen LogP contribution in [0, 0.1) is 17.8 Å². The van der Waals surface area contributed by atoms with Crippen molar-refractivity contribution in [3.05, 3.63) is 138 Å². The third kappa shape index (κ3) is 9.30. The Morgan fingerprint density at radius 1 is 0.870 bits per heavy atom. The van der Waals surface area contributed by atoms with E-state index in [1.165, 1.54) is 17.2 Å². The highest BCUT2D eigenvalue weighted by Gasteiger charge is 2.30. The largest absolute Gasteiger partial charge is 0.507 e. The number of rotatable bonds is 13. The highest BCUT2D eigenvalue weighted by Crippen LogP contribution is 2.37. The minimum Gasteiger partial charge on any atom is -0.507 e. The number of carbonyl (C=O) groups is 1. The Morgan fingerprint density at radius 2 is 1.54 bits per heavy atom. The minimum atomic E-state index is -0.903. The van der Waals surface area contributed by atoms with Crippen molar-refractivity contribution in [3.63, 3.8) is 0 Å². The van der Waals surface area contributed by atoms with Crippen LogP contribution in [0.15, 0.2) is 126 Å². The van der Waals surface area contributed by atoms with Crippen molar-refractivity contribution in [2.45, 2.75) is 78.4 Å². The predicted molar refractivity (Wildman–Crippen MR) is 216 cm³/mol. The molecule has 8 heteroatoms. The molecule has 0 fully saturated rings. The van der Waals surface area contributed by atoms with Crippen LogP contribution >= 0.6 is 0 Å². The van der Waals surface area contributed by atoms with E-state index in [0.717, 1.165) is 34.5 Å². The molecule has 6 rings (SSSR count). The lowest BCUT2D eigenvalue weighted by Crippen LogP contribution is -2.45. The molecule has 0 radical (unpaired) electrons. The Bertz CT molecular complexity index is 1960. The van der Waals surface area contributed by atoms with Gasteiger partial charge < -0.3 is 25.0 Å². The first kappa shape index (κ1) is 38.5. The number of phenolic OH excluding ortho intramolecular Hbond substituents is 1. The van der Waals surface area contributed by atoms with E-state index >= 15 is 0 Å². The van der Waals surface area contributed by atoms with Crippen molar-refractivity contribution in [1.29, 1.82) is 0 Å². The average Bonchev–Trinajstić information content (AvgIpc) is 3.35. The summed E-state index contributed by atoms with van der Waals surface area (Å²) < 4.78 is 11.4. The van der Waals surface area contributed by atoms with Gasteiger partial charge in [-0.2, -0.15) is 0 Å². The molecule has 7 atom stereocenters. The molecule has 0 saturated carbocycles. The second kappa shape index (κ2) is 17.8. The highest BCUT2D eigenvalue weighted by atomic mass is 16.6. The zero-order valence-electron chi connectivity index (χ0n) is 31.9. The van der Waals surface area contributed by atoms with Gasteiger partial charge in [0.25, 0.3) is 0 Å². The fraction of sp³-hybridized carbons (Fsp3) is 0.348. The van der Waals surface area contributed by atoms with Crippen LogP contribution in [0.2, 0.25) is 0 Å². The molecule has 0 amide bonds. The van der Waals surface area contributed by atoms with E-state index in [1.807, 2.05) is 38.1 Å². The summed E-state index contributed by atoms with van der Waals surface area (Å²) in [5.74, 6) is 0.922. The number of allylic oxidation sites excluding steroid dienone is 3. The molecule has 2 aliphatic rings. The molecular weight excluding hydrogens is 675 g/mol. The summed E-state index contributed by atoms with van der Waals surface area (Å²) in [6.45, 7) is 10.1. The Labute approximate surface area is 319 Å². The van der Waals surface area contributed by atoms with E-state index < -0.39 is 30.5 Å². The van der Waals surface area contributed by atoms with Gasteiger partial charge in [-0.25, -0.2) is 9.79 Å². The van der Waals surface area contributed by atoms with Gasteiger partial charge in [-0.1, -0.05) is 125 Å². The van der Waals surface area contributed by atoms with E-state index in [1.54, 1.807) is 19.1 Å². The Hall–Kier alpha value is -5.18. The number of hydrogen-bond acceptors (Lipinski definition) is 8. The summed E-state index contributed by atoms with van der Waals surface area (Å²) in [4.78, 5) is 18.0. The van der Waals surface area contributed by atoms with Crippen LogP contribution < -0.4 is 15.4 Å². The van der Waals surface area contributed by atoms with Crippen molar-refractivity contribution in [2.75, 3.05) is 6.61 Å². The van der Waals surface area contributed by atoms with Crippen molar-refractivity contribution >= 4 is 17.4 Å². The van der Waals surface area contributed by atoms with Gasteiger partial charge in [0, 0.05) is 17.5 Å². The lowest BCUT2D eigenvalue weighted by Gasteiger charge is -2.33. The van der Waals surface area contributed by atoms with Crippen molar-refractivity contribution in [1.82, 2.24) is 10.6 Å². The molecule has 4 aromatic rings. The molecule has 4 aromatic carbocycles. The molecule has 54 heavy (non-hydrogen) atoms. The molecule has 0 aromatic heterocycles. The molecule has 7 unspecified atom stereocenters. The van der Waals surface area contributed by atoms with Gasteiger partial charge in [0.2, 0.25) is 0 Å². The number of aromatic hydroxyl groups is 1. The molecule has 4 N–H and O–H groups in total. The first-order valence-electron chi connectivity index (χ1n) is 19.2. The van der Waals surface area contributed by atoms with E-state index in [2.05, 4.69) is 97.3 Å². The molecule has 1 heterocycles. The standard InChI is InChI=1S/C46H53N3O5/c1-6-32(41(50)7-2)28-53-46(52)31(5)54-38-22-23-39(42(51)27-38)45-48-43(36-20-18-34(19-21-36)33-14-10-8-11-15-33)47-44(49-45)37-24-29(3)25-40(30(4)26-37)35-16-12-9-13-17-35/h8-25,27,29-32,41,43,45,48,50-51H,6-7,26,28H2,1-5H3,(H,47,49). The zero-order valence-corrected chi connectivity index (χ0v) is 31.9. The first-order chi connectivity index (χ1) is 26.1. The maximum atomic E-state index is 12.8. The maximum Gasteiger partial charge on any atom is 0.347 e. The normalized spacial score (nSPS) is 21.6. The lowest BCUT2D eigenvalue weighted by atomic mass is 9.89. The summed E-state index contributed by atoms with van der Waals surface area (Å²) in [5.41, 5.74) is 7.57. The fourth-order valence-electron chi connectivity index (χ4n) is 7.28. The van der Waals surface area contributed by atoms with Crippen LogP contribution in [0.5, 0.6) is 11.5 Å². The van der Waals surface area contributed by atoms with E-state index in [4.69, 9.17) is 14.5 Å². The van der Waals surface area contributed by atoms with Gasteiger partial charge in [-0.05, 0) is 83.6 Å². The van der Waals surface area contributed by atoms with Gasteiger partial charge >= 0.3 is 5.97 Å². The molecule has 282 valence electrons. The Kier molecular flexibility index (Phi) is 12.7. The summed E-state index contributed by atoms with van der Waals surface area (Å²) in [7, 11) is 0. The summed E-state index contributed by atoms with van der Waals surface area (Å²) in [6, 6.07) is 34.4. The molecular formula is C46H53N3O5. The van der Waals surface area contributed by atoms with Crippen LogP contribution in [-0.2, 0) is 9.53 Å². The Morgan fingerprint density at radius 3 is 2.19 bits per heavy atom. The number of aliphatic hydroxyl groups excluding tert-OH is 1. The monoisotopic (exact) mass is 727 g/mol. The quantitative estimate of drug-likeness (QED) is 0.102. The Balaban J connectivity index is 1.24. The van der Waals surface area contributed by atoms with Crippen molar-refractivity contribution < 1.29 is 24.5 Å². The second-order valence-electron chi connectivity index (χ2n) is 14.5. The van der Waals surface area contributed by atoms with Gasteiger partial charge in [-0.3, -0.25) is 5.32 Å².